The third-order valence-electron chi connectivity index (χ3n) is 4.68. The monoisotopic (exact) mass is 483 g/mol. The first kappa shape index (κ1) is 21.2. The number of nitrogens with one attached hydrogen (secondary N) is 1. The number of nitrogens with zero attached hydrogens (tertiary/aromatic N) is 2. The summed E-state index contributed by atoms with van der Waals surface area (Å²) in [5.41, 5.74) is 1.60. The molecule has 0 spiro atoms. The van der Waals surface area contributed by atoms with Gasteiger partial charge in [0.2, 0.25) is 0 Å². The Morgan fingerprint density at radius 1 is 1.17 bits per heavy atom. The zero-order valence-corrected chi connectivity index (χ0v) is 18.8. The Hall–Kier alpha value is -2.06. The van der Waals surface area contributed by atoms with Crippen LogP contribution < -0.4 is 9.46 Å². The molecule has 10 heteroatoms. The topological polar surface area (TPSA) is 73.2 Å². The third kappa shape index (κ3) is 4.21. The largest absolute Gasteiger partial charge is 0.497 e. The van der Waals surface area contributed by atoms with Gasteiger partial charge in [-0.15, -0.1) is 0 Å². The van der Waals surface area contributed by atoms with E-state index in [9.17, 15) is 9.00 Å². The van der Waals surface area contributed by atoms with Crippen molar-refractivity contribution in [1.82, 2.24) is 14.3 Å². The SMILES string of the molecule is COc1ccc(Cl)c(S(=O)NC(=O)c2ncn(-c3ccc(Cl)cc3Cl)c2C2CC2)c1. The normalized spacial score (nSPS) is 14.4. The number of aromatic nitrogens is 2. The van der Waals surface area contributed by atoms with Gasteiger partial charge in [-0.2, -0.15) is 0 Å². The van der Waals surface area contributed by atoms with Crippen molar-refractivity contribution in [2.75, 3.05) is 7.11 Å². The number of halogens is 3. The van der Waals surface area contributed by atoms with Crippen LogP contribution in [0.15, 0.2) is 47.6 Å². The van der Waals surface area contributed by atoms with Crippen molar-refractivity contribution in [3.8, 4) is 11.4 Å². The lowest BCUT2D eigenvalue weighted by Gasteiger charge is -2.12. The van der Waals surface area contributed by atoms with Crippen molar-refractivity contribution >= 4 is 51.7 Å². The highest BCUT2D eigenvalue weighted by Gasteiger charge is 2.34. The first-order valence-electron chi connectivity index (χ1n) is 8.98. The van der Waals surface area contributed by atoms with Crippen LogP contribution in [-0.2, 0) is 11.0 Å². The Kier molecular flexibility index (Phi) is 6.06. The highest BCUT2D eigenvalue weighted by Crippen LogP contribution is 2.43. The Morgan fingerprint density at radius 2 is 1.93 bits per heavy atom. The number of rotatable bonds is 6. The summed E-state index contributed by atoms with van der Waals surface area (Å²) in [7, 11) is -0.394. The summed E-state index contributed by atoms with van der Waals surface area (Å²) in [6.45, 7) is 0. The first-order chi connectivity index (χ1) is 14.4. The van der Waals surface area contributed by atoms with Crippen molar-refractivity contribution in [2.24, 2.45) is 0 Å². The van der Waals surface area contributed by atoms with E-state index >= 15 is 0 Å². The third-order valence-corrected chi connectivity index (χ3v) is 6.76. The van der Waals surface area contributed by atoms with Crippen LogP contribution in [0.1, 0.15) is 34.9 Å². The van der Waals surface area contributed by atoms with E-state index < -0.39 is 16.9 Å². The molecular formula is C20H16Cl3N3O3S. The van der Waals surface area contributed by atoms with Crippen LogP contribution in [0.2, 0.25) is 15.1 Å². The van der Waals surface area contributed by atoms with E-state index in [0.717, 1.165) is 18.5 Å². The molecule has 1 aromatic heterocycles. The number of hydrogen-bond acceptors (Lipinski definition) is 4. The van der Waals surface area contributed by atoms with Gasteiger partial charge in [-0.05, 0) is 49.2 Å². The molecule has 0 saturated heterocycles. The van der Waals surface area contributed by atoms with Gasteiger partial charge in [0.25, 0.3) is 5.91 Å². The van der Waals surface area contributed by atoms with E-state index in [4.69, 9.17) is 39.5 Å². The number of carbonyl (C=O) groups is 1. The minimum Gasteiger partial charge on any atom is -0.497 e. The van der Waals surface area contributed by atoms with Crippen molar-refractivity contribution in [3.63, 3.8) is 0 Å². The molecule has 1 saturated carbocycles. The second kappa shape index (κ2) is 8.59. The maximum Gasteiger partial charge on any atom is 0.283 e. The van der Waals surface area contributed by atoms with E-state index in [-0.39, 0.29) is 21.5 Å². The summed E-state index contributed by atoms with van der Waals surface area (Å²) in [5, 5.41) is 1.22. The van der Waals surface area contributed by atoms with Crippen molar-refractivity contribution < 1.29 is 13.7 Å². The van der Waals surface area contributed by atoms with E-state index in [1.807, 2.05) is 0 Å². The van der Waals surface area contributed by atoms with Gasteiger partial charge in [0, 0.05) is 10.9 Å². The van der Waals surface area contributed by atoms with Gasteiger partial charge in [0.05, 0.1) is 33.4 Å². The predicted molar refractivity (Wildman–Crippen MR) is 117 cm³/mol. The van der Waals surface area contributed by atoms with Crippen LogP contribution >= 0.6 is 34.8 Å². The summed E-state index contributed by atoms with van der Waals surface area (Å²) >= 11 is 18.5. The molecule has 1 amide bonds. The number of imidazole rings is 1. The molecular weight excluding hydrogens is 469 g/mol. The minimum absolute atomic E-state index is 0.175. The number of hydrogen-bond donors (Lipinski definition) is 1. The smallest absolute Gasteiger partial charge is 0.283 e. The number of ether oxygens (including phenoxy) is 1. The summed E-state index contributed by atoms with van der Waals surface area (Å²) in [4.78, 5) is 17.5. The number of benzene rings is 2. The van der Waals surface area contributed by atoms with Crippen LogP contribution in [0.5, 0.6) is 5.75 Å². The zero-order valence-electron chi connectivity index (χ0n) is 15.7. The molecule has 4 rings (SSSR count). The quantitative estimate of drug-likeness (QED) is 0.524. The zero-order chi connectivity index (χ0) is 21.4. The average Bonchev–Trinajstić information content (AvgIpc) is 3.46. The van der Waals surface area contributed by atoms with E-state index in [1.54, 1.807) is 41.2 Å². The Morgan fingerprint density at radius 3 is 2.60 bits per heavy atom. The van der Waals surface area contributed by atoms with Crippen LogP contribution in [0.4, 0.5) is 0 Å². The lowest BCUT2D eigenvalue weighted by molar-refractivity contribution is 0.0977. The molecule has 1 fully saturated rings. The molecule has 1 aliphatic carbocycles. The molecule has 6 nitrogen and oxygen atoms in total. The highest BCUT2D eigenvalue weighted by atomic mass is 35.5. The molecule has 1 unspecified atom stereocenters. The molecule has 1 atom stereocenters. The first-order valence-corrected chi connectivity index (χ1v) is 11.3. The van der Waals surface area contributed by atoms with Crippen molar-refractivity contribution in [3.05, 3.63) is 69.2 Å². The fourth-order valence-corrected chi connectivity index (χ4v) is 4.76. The molecule has 156 valence electrons. The van der Waals surface area contributed by atoms with Gasteiger partial charge in [-0.25, -0.2) is 9.19 Å². The Bertz CT molecular complexity index is 1160. The van der Waals surface area contributed by atoms with Gasteiger partial charge in [-0.1, -0.05) is 34.8 Å². The van der Waals surface area contributed by atoms with Crippen LogP contribution in [0, 0.1) is 0 Å². The number of methoxy groups -OCH3 is 1. The van der Waals surface area contributed by atoms with Gasteiger partial charge in [0.1, 0.15) is 12.1 Å². The molecule has 3 aromatic rings. The predicted octanol–water partition coefficient (Wildman–Crippen LogP) is 5.17. The van der Waals surface area contributed by atoms with E-state index in [2.05, 4.69) is 9.71 Å². The maximum absolute atomic E-state index is 12.9. The average molecular weight is 485 g/mol. The second-order valence-electron chi connectivity index (χ2n) is 6.71. The van der Waals surface area contributed by atoms with E-state index in [0.29, 0.717) is 21.5 Å². The van der Waals surface area contributed by atoms with Gasteiger partial charge < -0.3 is 9.30 Å². The van der Waals surface area contributed by atoms with Gasteiger partial charge >= 0.3 is 0 Å². The molecule has 0 aliphatic heterocycles. The molecule has 1 aliphatic rings. The lowest BCUT2D eigenvalue weighted by atomic mass is 10.2. The van der Waals surface area contributed by atoms with Crippen molar-refractivity contribution in [2.45, 2.75) is 23.7 Å². The molecule has 1 heterocycles. The molecule has 0 radical (unpaired) electrons. The van der Waals surface area contributed by atoms with Crippen LogP contribution in [0.25, 0.3) is 5.69 Å². The van der Waals surface area contributed by atoms with Crippen LogP contribution in [-0.4, -0.2) is 26.8 Å². The van der Waals surface area contributed by atoms with Crippen LogP contribution in [0.3, 0.4) is 0 Å². The highest BCUT2D eigenvalue weighted by molar-refractivity contribution is 7.83. The fourth-order valence-electron chi connectivity index (χ4n) is 3.09. The Balaban J connectivity index is 1.65. The minimum atomic E-state index is -1.89. The Labute approximate surface area is 190 Å². The molecule has 1 N–H and O–H groups in total. The number of amides is 1. The summed E-state index contributed by atoms with van der Waals surface area (Å²) in [6.07, 6.45) is 3.41. The molecule has 2 aromatic carbocycles. The fraction of sp³-hybridized carbons (Fsp3) is 0.200. The molecule has 30 heavy (non-hydrogen) atoms. The number of carbonyl (C=O) groups excluding carboxylic acids is 1. The summed E-state index contributed by atoms with van der Waals surface area (Å²) in [5.74, 6) is 0.101. The maximum atomic E-state index is 12.9. The van der Waals surface area contributed by atoms with E-state index in [1.165, 1.54) is 13.2 Å². The molecule has 0 bridgehead atoms. The summed E-state index contributed by atoms with van der Waals surface area (Å²) < 4.78 is 22.2. The van der Waals surface area contributed by atoms with Gasteiger partial charge in [0.15, 0.2) is 16.7 Å². The summed E-state index contributed by atoms with van der Waals surface area (Å²) in [6, 6.07) is 9.86. The lowest BCUT2D eigenvalue weighted by Crippen LogP contribution is -2.27. The van der Waals surface area contributed by atoms with Crippen molar-refractivity contribution in [1.29, 1.82) is 0 Å². The second-order valence-corrected chi connectivity index (χ2v) is 9.15. The van der Waals surface area contributed by atoms with Gasteiger partial charge in [-0.3, -0.25) is 9.52 Å². The standard InChI is InChI=1S/C20H16Cl3N3O3S/c1-29-13-5-6-14(22)17(9-13)30(28)25-20(27)18-19(11-2-3-11)26(10-24-18)16-7-4-12(21)8-15(16)23/h4-11H,2-3H2,1H3,(H,25,27).